The Bertz CT molecular complexity index is 652. The number of benzene rings is 1. The summed E-state index contributed by atoms with van der Waals surface area (Å²) in [5.74, 6) is 0.446. The second-order valence-electron chi connectivity index (χ2n) is 4.91. The topological polar surface area (TPSA) is 102 Å². The van der Waals surface area contributed by atoms with Gasteiger partial charge in [-0.3, -0.25) is 4.79 Å². The van der Waals surface area contributed by atoms with Gasteiger partial charge < -0.3 is 15.2 Å². The van der Waals surface area contributed by atoms with E-state index in [0.717, 1.165) is 0 Å². The average molecular weight is 355 g/mol. The number of hydrogen-bond acceptors (Lipinski definition) is 7. The lowest BCUT2D eigenvalue weighted by molar-refractivity contribution is -0.121. The predicted molar refractivity (Wildman–Crippen MR) is 85.1 cm³/mol. The number of thioether (sulfide) groups is 1. The maximum atomic E-state index is 12.7. The Morgan fingerprint density at radius 1 is 1.46 bits per heavy atom. The standard InChI is InChI=1S/C14H18FN5O3S/c1-20-14(17-18-19-20)24-7-6-13(22)16-8-11(21)9-23-12-4-2-10(15)3-5-12/h2-5,11,21H,6-9H2,1H3,(H,16,22). The van der Waals surface area contributed by atoms with Crippen LogP contribution in [0.4, 0.5) is 4.39 Å². The summed E-state index contributed by atoms with van der Waals surface area (Å²) in [5, 5.41) is 24.0. The molecule has 0 aliphatic heterocycles. The third-order valence-electron chi connectivity index (χ3n) is 2.93. The summed E-state index contributed by atoms with van der Waals surface area (Å²) in [6.45, 7) is 0.0848. The van der Waals surface area contributed by atoms with Gasteiger partial charge >= 0.3 is 0 Å². The molecule has 24 heavy (non-hydrogen) atoms. The van der Waals surface area contributed by atoms with E-state index in [-0.39, 0.29) is 31.3 Å². The Morgan fingerprint density at radius 3 is 2.88 bits per heavy atom. The van der Waals surface area contributed by atoms with E-state index in [1.54, 1.807) is 7.05 Å². The predicted octanol–water partition coefficient (Wildman–Crippen LogP) is 0.388. The normalized spacial score (nSPS) is 12.0. The Labute approximate surface area is 142 Å². The number of amides is 1. The fourth-order valence-corrected chi connectivity index (χ4v) is 2.47. The number of aromatic nitrogens is 4. The SMILES string of the molecule is Cn1nnnc1SCCC(=O)NCC(O)COc1ccc(F)cc1. The zero-order valence-corrected chi connectivity index (χ0v) is 13.9. The van der Waals surface area contributed by atoms with E-state index in [2.05, 4.69) is 20.8 Å². The highest BCUT2D eigenvalue weighted by atomic mass is 32.2. The molecule has 0 fully saturated rings. The highest BCUT2D eigenvalue weighted by Gasteiger charge is 2.09. The fraction of sp³-hybridized carbons (Fsp3) is 0.429. The third kappa shape index (κ3) is 6.13. The van der Waals surface area contributed by atoms with Gasteiger partial charge in [-0.1, -0.05) is 11.8 Å². The Balaban J connectivity index is 1.58. The molecular weight excluding hydrogens is 337 g/mol. The summed E-state index contributed by atoms with van der Waals surface area (Å²) in [5.41, 5.74) is 0. The first kappa shape index (κ1) is 18.1. The van der Waals surface area contributed by atoms with Crippen molar-refractivity contribution >= 4 is 17.7 Å². The lowest BCUT2D eigenvalue weighted by Crippen LogP contribution is -2.35. The van der Waals surface area contributed by atoms with Crippen molar-refractivity contribution in [3.05, 3.63) is 30.1 Å². The molecule has 2 aromatic rings. The number of aryl methyl sites for hydroxylation is 1. The number of halogens is 1. The number of nitrogens with one attached hydrogen (secondary N) is 1. The Morgan fingerprint density at radius 2 is 2.21 bits per heavy atom. The number of rotatable bonds is 9. The molecule has 0 saturated carbocycles. The largest absolute Gasteiger partial charge is 0.491 e. The van der Waals surface area contributed by atoms with E-state index in [1.165, 1.54) is 40.7 Å². The summed E-state index contributed by atoms with van der Waals surface area (Å²) in [7, 11) is 1.72. The summed E-state index contributed by atoms with van der Waals surface area (Å²) in [6, 6.07) is 5.49. The molecule has 2 rings (SSSR count). The van der Waals surface area contributed by atoms with Crippen LogP contribution >= 0.6 is 11.8 Å². The molecule has 1 unspecified atom stereocenters. The maximum Gasteiger partial charge on any atom is 0.220 e. The van der Waals surface area contributed by atoms with Crippen molar-refractivity contribution in [3.8, 4) is 5.75 Å². The van der Waals surface area contributed by atoms with Gasteiger partial charge in [0.1, 0.15) is 24.3 Å². The zero-order chi connectivity index (χ0) is 17.4. The first-order valence-corrected chi connectivity index (χ1v) is 8.21. The smallest absolute Gasteiger partial charge is 0.220 e. The fourth-order valence-electron chi connectivity index (χ4n) is 1.68. The van der Waals surface area contributed by atoms with Gasteiger partial charge in [0, 0.05) is 25.8 Å². The highest BCUT2D eigenvalue weighted by Crippen LogP contribution is 2.13. The third-order valence-corrected chi connectivity index (χ3v) is 3.94. The molecule has 1 atom stereocenters. The van der Waals surface area contributed by atoms with E-state index in [1.807, 2.05) is 0 Å². The molecule has 1 amide bonds. The van der Waals surface area contributed by atoms with E-state index in [0.29, 0.717) is 16.7 Å². The molecule has 0 bridgehead atoms. The van der Waals surface area contributed by atoms with Crippen molar-refractivity contribution in [1.29, 1.82) is 0 Å². The maximum absolute atomic E-state index is 12.7. The number of tetrazole rings is 1. The Kier molecular flexibility index (Phi) is 6.94. The van der Waals surface area contributed by atoms with Crippen molar-refractivity contribution in [3.63, 3.8) is 0 Å². The quantitative estimate of drug-likeness (QED) is 0.627. The molecule has 1 heterocycles. The van der Waals surface area contributed by atoms with Crippen LogP contribution in [0.3, 0.4) is 0 Å². The van der Waals surface area contributed by atoms with Crippen LogP contribution in [0.1, 0.15) is 6.42 Å². The monoisotopic (exact) mass is 355 g/mol. The van der Waals surface area contributed by atoms with Gasteiger partial charge in [-0.15, -0.1) is 5.10 Å². The molecule has 0 spiro atoms. The summed E-state index contributed by atoms with van der Waals surface area (Å²) < 4.78 is 19.6. The number of carbonyl (C=O) groups excluding carboxylic acids is 1. The molecular formula is C14H18FN5O3S. The number of hydrogen-bond donors (Lipinski definition) is 2. The number of aliphatic hydroxyl groups is 1. The summed E-state index contributed by atoms with van der Waals surface area (Å²) in [4.78, 5) is 11.7. The second kappa shape index (κ2) is 9.18. The molecule has 0 saturated heterocycles. The average Bonchev–Trinajstić information content (AvgIpc) is 2.97. The number of nitrogens with zero attached hydrogens (tertiary/aromatic N) is 4. The molecule has 0 aliphatic carbocycles. The summed E-state index contributed by atoms with van der Waals surface area (Å²) in [6.07, 6.45) is -0.571. The molecule has 2 N–H and O–H groups in total. The van der Waals surface area contributed by atoms with Gasteiger partial charge in [0.25, 0.3) is 0 Å². The number of aliphatic hydroxyl groups excluding tert-OH is 1. The van der Waals surface area contributed by atoms with Crippen molar-refractivity contribution in [2.24, 2.45) is 7.05 Å². The number of carbonyl (C=O) groups is 1. The minimum absolute atomic E-state index is 0.00523. The highest BCUT2D eigenvalue weighted by molar-refractivity contribution is 7.99. The van der Waals surface area contributed by atoms with Crippen LogP contribution in [0.2, 0.25) is 0 Å². The molecule has 8 nitrogen and oxygen atoms in total. The van der Waals surface area contributed by atoms with Crippen molar-refractivity contribution < 1.29 is 19.0 Å². The van der Waals surface area contributed by atoms with Crippen LogP contribution in [0, 0.1) is 5.82 Å². The Hall–Kier alpha value is -2.20. The van der Waals surface area contributed by atoms with Crippen LogP contribution in [0.25, 0.3) is 0 Å². The minimum atomic E-state index is -0.852. The van der Waals surface area contributed by atoms with Crippen molar-refractivity contribution in [2.75, 3.05) is 18.9 Å². The summed E-state index contributed by atoms with van der Waals surface area (Å²) >= 11 is 1.37. The van der Waals surface area contributed by atoms with Crippen LogP contribution < -0.4 is 10.1 Å². The van der Waals surface area contributed by atoms with Crippen molar-refractivity contribution in [2.45, 2.75) is 17.7 Å². The van der Waals surface area contributed by atoms with E-state index >= 15 is 0 Å². The van der Waals surface area contributed by atoms with E-state index < -0.39 is 6.10 Å². The molecule has 0 radical (unpaired) electrons. The van der Waals surface area contributed by atoms with Gasteiger partial charge in [-0.25, -0.2) is 9.07 Å². The second-order valence-corrected chi connectivity index (χ2v) is 5.97. The first-order chi connectivity index (χ1) is 11.5. The van der Waals surface area contributed by atoms with Crippen LogP contribution in [-0.2, 0) is 11.8 Å². The van der Waals surface area contributed by atoms with E-state index in [4.69, 9.17) is 4.74 Å². The van der Waals surface area contributed by atoms with Gasteiger partial charge in [0.2, 0.25) is 11.1 Å². The van der Waals surface area contributed by atoms with Crippen LogP contribution in [0.5, 0.6) is 5.75 Å². The molecule has 0 aliphatic rings. The van der Waals surface area contributed by atoms with Gasteiger partial charge in [0.05, 0.1) is 0 Å². The van der Waals surface area contributed by atoms with Gasteiger partial charge in [0.15, 0.2) is 0 Å². The van der Waals surface area contributed by atoms with Crippen molar-refractivity contribution in [1.82, 2.24) is 25.5 Å². The zero-order valence-electron chi connectivity index (χ0n) is 13.1. The lowest BCUT2D eigenvalue weighted by atomic mass is 10.3. The number of ether oxygens (including phenoxy) is 1. The molecule has 130 valence electrons. The van der Waals surface area contributed by atoms with E-state index in [9.17, 15) is 14.3 Å². The lowest BCUT2D eigenvalue weighted by Gasteiger charge is -2.13. The molecule has 1 aromatic carbocycles. The van der Waals surface area contributed by atoms with Crippen LogP contribution in [-0.4, -0.2) is 56.2 Å². The van der Waals surface area contributed by atoms with Crippen LogP contribution in [0.15, 0.2) is 29.4 Å². The minimum Gasteiger partial charge on any atom is -0.491 e. The molecule has 10 heteroatoms. The molecule has 1 aromatic heterocycles. The van der Waals surface area contributed by atoms with Gasteiger partial charge in [-0.2, -0.15) is 0 Å². The van der Waals surface area contributed by atoms with Gasteiger partial charge in [-0.05, 0) is 34.7 Å². The first-order valence-electron chi connectivity index (χ1n) is 7.23.